The summed E-state index contributed by atoms with van der Waals surface area (Å²) in [6, 6.07) is 8.63. The summed E-state index contributed by atoms with van der Waals surface area (Å²) in [6.07, 6.45) is -1.85. The highest BCUT2D eigenvalue weighted by Crippen LogP contribution is 2.35. The molecule has 2 aromatic rings. The minimum atomic E-state index is -4.56. The molecule has 0 bridgehead atoms. The molecule has 0 aliphatic carbocycles. The summed E-state index contributed by atoms with van der Waals surface area (Å²) in [5.41, 5.74) is -1.04. The Balaban J connectivity index is 2.27. The van der Waals surface area contributed by atoms with Crippen LogP contribution in [0.2, 0.25) is 10.0 Å². The average Bonchev–Trinajstić information content (AvgIpc) is 2.65. The molecule has 2 aromatic carbocycles. The van der Waals surface area contributed by atoms with Crippen molar-refractivity contribution in [1.29, 1.82) is 5.26 Å². The molecule has 9 heteroatoms. The summed E-state index contributed by atoms with van der Waals surface area (Å²) in [5, 5.41) is 11.8. The van der Waals surface area contributed by atoms with Gasteiger partial charge < -0.3 is 10.1 Å². The highest BCUT2D eigenvalue weighted by Gasteiger charge is 2.30. The van der Waals surface area contributed by atoms with Crippen LogP contribution in [0.15, 0.2) is 54.6 Å². The lowest BCUT2D eigenvalue weighted by Crippen LogP contribution is -2.14. The number of carbonyl (C=O) groups is 1. The van der Waals surface area contributed by atoms with Gasteiger partial charge in [0.1, 0.15) is 18.2 Å². The van der Waals surface area contributed by atoms with Crippen molar-refractivity contribution >= 4 is 40.9 Å². The maximum atomic E-state index is 12.8. The minimum absolute atomic E-state index is 0.102. The van der Waals surface area contributed by atoms with Crippen LogP contribution in [0.1, 0.15) is 11.1 Å². The number of anilines is 1. The van der Waals surface area contributed by atoms with E-state index < -0.39 is 17.6 Å². The molecule has 0 heterocycles. The van der Waals surface area contributed by atoms with E-state index in [0.717, 1.165) is 18.2 Å². The van der Waals surface area contributed by atoms with Crippen molar-refractivity contribution in [3.8, 4) is 11.8 Å². The molecule has 2 rings (SSSR count). The number of nitriles is 1. The van der Waals surface area contributed by atoms with Crippen LogP contribution < -0.4 is 10.1 Å². The van der Waals surface area contributed by atoms with E-state index in [-0.39, 0.29) is 33.7 Å². The van der Waals surface area contributed by atoms with Crippen molar-refractivity contribution in [3.63, 3.8) is 0 Å². The number of benzene rings is 2. The second-order valence-electron chi connectivity index (χ2n) is 5.62. The van der Waals surface area contributed by atoms with E-state index in [1.165, 1.54) is 30.4 Å². The van der Waals surface area contributed by atoms with Crippen molar-refractivity contribution in [2.24, 2.45) is 0 Å². The Kier molecular flexibility index (Phi) is 7.32. The van der Waals surface area contributed by atoms with Crippen LogP contribution in [0.4, 0.5) is 18.9 Å². The molecule has 0 saturated heterocycles. The van der Waals surface area contributed by atoms with Crippen LogP contribution in [0.5, 0.6) is 5.75 Å². The summed E-state index contributed by atoms with van der Waals surface area (Å²) in [5.74, 6) is -0.664. The van der Waals surface area contributed by atoms with Crippen molar-refractivity contribution in [1.82, 2.24) is 0 Å². The first-order chi connectivity index (χ1) is 13.7. The normalized spacial score (nSPS) is 11.5. The molecule has 0 spiro atoms. The van der Waals surface area contributed by atoms with Gasteiger partial charge in [0.2, 0.25) is 0 Å². The van der Waals surface area contributed by atoms with E-state index in [2.05, 4.69) is 11.9 Å². The van der Waals surface area contributed by atoms with Crippen LogP contribution in [-0.4, -0.2) is 12.5 Å². The smallest absolute Gasteiger partial charge is 0.416 e. The lowest BCUT2D eigenvalue weighted by molar-refractivity contribution is -0.137. The van der Waals surface area contributed by atoms with E-state index in [0.29, 0.717) is 5.56 Å². The molecule has 0 aliphatic heterocycles. The minimum Gasteiger partial charge on any atom is -0.486 e. The third-order valence-electron chi connectivity index (χ3n) is 3.49. The second kappa shape index (κ2) is 9.50. The number of halogens is 5. The third-order valence-corrected chi connectivity index (χ3v) is 4.05. The number of amides is 1. The van der Waals surface area contributed by atoms with Crippen LogP contribution >= 0.6 is 23.2 Å². The molecule has 1 amide bonds. The quantitative estimate of drug-likeness (QED) is 0.334. The average molecular weight is 441 g/mol. The highest BCUT2D eigenvalue weighted by molar-refractivity contribution is 6.37. The molecular weight excluding hydrogens is 428 g/mol. The standard InChI is InChI=1S/C20H13Cl2F3N2O2/c1-2-6-29-18-16(21)8-12(9-17(18)22)7-13(11-26)19(28)27-15-5-3-4-14(10-15)20(23,24)25/h2-5,7-10H,1,6H2,(H,27,28)/b13-7+. The fourth-order valence-corrected chi connectivity index (χ4v) is 2.84. The van der Waals surface area contributed by atoms with Gasteiger partial charge in [-0.05, 0) is 42.0 Å². The molecule has 0 radical (unpaired) electrons. The monoisotopic (exact) mass is 440 g/mol. The SMILES string of the molecule is C=CCOc1c(Cl)cc(/C=C(\C#N)C(=O)Nc2cccc(C(F)(F)F)c2)cc1Cl. The molecule has 0 fully saturated rings. The second-order valence-corrected chi connectivity index (χ2v) is 6.43. The third kappa shape index (κ3) is 6.01. The zero-order valence-corrected chi connectivity index (χ0v) is 16.2. The van der Waals surface area contributed by atoms with Crippen molar-refractivity contribution < 1.29 is 22.7 Å². The Morgan fingerprint density at radius 3 is 2.45 bits per heavy atom. The summed E-state index contributed by atoms with van der Waals surface area (Å²) in [4.78, 5) is 12.3. The number of hydrogen-bond donors (Lipinski definition) is 1. The van der Waals surface area contributed by atoms with Gasteiger partial charge in [-0.3, -0.25) is 4.79 Å². The maximum absolute atomic E-state index is 12.8. The van der Waals surface area contributed by atoms with Crippen molar-refractivity contribution in [2.45, 2.75) is 6.18 Å². The van der Waals surface area contributed by atoms with E-state index in [1.807, 2.05) is 0 Å². The number of hydrogen-bond acceptors (Lipinski definition) is 3. The van der Waals surface area contributed by atoms with Crippen LogP contribution in [0.25, 0.3) is 6.08 Å². The van der Waals surface area contributed by atoms with Gasteiger partial charge in [-0.1, -0.05) is 41.9 Å². The van der Waals surface area contributed by atoms with Gasteiger partial charge in [0.25, 0.3) is 5.91 Å². The van der Waals surface area contributed by atoms with Gasteiger partial charge in [0.05, 0.1) is 15.6 Å². The summed E-state index contributed by atoms with van der Waals surface area (Å²) in [6.45, 7) is 3.69. The topological polar surface area (TPSA) is 62.1 Å². The largest absolute Gasteiger partial charge is 0.486 e. The van der Waals surface area contributed by atoms with Crippen molar-refractivity contribution in [2.75, 3.05) is 11.9 Å². The van der Waals surface area contributed by atoms with Crippen LogP contribution in [0, 0.1) is 11.3 Å². The number of nitrogens with zero attached hydrogens (tertiary/aromatic N) is 1. The number of nitrogens with one attached hydrogen (secondary N) is 1. The summed E-state index contributed by atoms with van der Waals surface area (Å²) in [7, 11) is 0. The number of alkyl halides is 3. The van der Waals surface area contributed by atoms with Gasteiger partial charge in [-0.2, -0.15) is 18.4 Å². The number of rotatable bonds is 6. The molecule has 4 nitrogen and oxygen atoms in total. The fourth-order valence-electron chi connectivity index (χ4n) is 2.23. The molecule has 0 unspecified atom stereocenters. The van der Waals surface area contributed by atoms with Crippen LogP contribution in [0.3, 0.4) is 0 Å². The molecule has 0 aromatic heterocycles. The first kappa shape index (κ1) is 22.3. The van der Waals surface area contributed by atoms with E-state index in [1.54, 1.807) is 6.07 Å². The van der Waals surface area contributed by atoms with Crippen molar-refractivity contribution in [3.05, 3.63) is 75.8 Å². The van der Waals surface area contributed by atoms with E-state index >= 15 is 0 Å². The zero-order chi connectivity index (χ0) is 21.6. The molecular formula is C20H13Cl2F3N2O2. The first-order valence-electron chi connectivity index (χ1n) is 7.99. The molecule has 0 atom stereocenters. The molecule has 0 aliphatic rings. The lowest BCUT2D eigenvalue weighted by atomic mass is 10.1. The first-order valence-corrected chi connectivity index (χ1v) is 8.74. The Bertz CT molecular complexity index is 989. The predicted molar refractivity (Wildman–Crippen MR) is 106 cm³/mol. The van der Waals surface area contributed by atoms with Gasteiger partial charge in [-0.25, -0.2) is 0 Å². The van der Waals surface area contributed by atoms with Gasteiger partial charge in [0, 0.05) is 5.69 Å². The Labute approximate surface area is 174 Å². The zero-order valence-electron chi connectivity index (χ0n) is 14.7. The summed E-state index contributed by atoms with van der Waals surface area (Å²) < 4.78 is 43.7. The molecule has 29 heavy (non-hydrogen) atoms. The van der Waals surface area contributed by atoms with Gasteiger partial charge in [0.15, 0.2) is 5.75 Å². The molecule has 0 saturated carbocycles. The number of carbonyl (C=O) groups excluding carboxylic acids is 1. The van der Waals surface area contributed by atoms with Gasteiger partial charge in [-0.15, -0.1) is 0 Å². The van der Waals surface area contributed by atoms with E-state index in [9.17, 15) is 23.2 Å². The van der Waals surface area contributed by atoms with Crippen LogP contribution in [-0.2, 0) is 11.0 Å². The predicted octanol–water partition coefficient (Wildman–Crippen LogP) is 6.12. The van der Waals surface area contributed by atoms with Gasteiger partial charge >= 0.3 is 6.18 Å². The Hall–Kier alpha value is -2.95. The summed E-state index contributed by atoms with van der Waals surface area (Å²) >= 11 is 12.2. The number of ether oxygens (including phenoxy) is 1. The highest BCUT2D eigenvalue weighted by atomic mass is 35.5. The van der Waals surface area contributed by atoms with E-state index in [4.69, 9.17) is 27.9 Å². The molecule has 150 valence electrons. The Morgan fingerprint density at radius 2 is 1.90 bits per heavy atom. The molecule has 1 N–H and O–H groups in total. The maximum Gasteiger partial charge on any atom is 0.416 e. The fraction of sp³-hybridized carbons (Fsp3) is 0.100. The lowest BCUT2D eigenvalue weighted by Gasteiger charge is -2.10. The Morgan fingerprint density at radius 1 is 1.24 bits per heavy atom.